The lowest BCUT2D eigenvalue weighted by Crippen LogP contribution is -2.64. The summed E-state index contributed by atoms with van der Waals surface area (Å²) in [5.74, 6) is 0. The van der Waals surface area contributed by atoms with Crippen LogP contribution in [0.1, 0.15) is 52.0 Å². The summed E-state index contributed by atoms with van der Waals surface area (Å²) < 4.78 is 53.7. The van der Waals surface area contributed by atoms with Crippen molar-refractivity contribution < 1.29 is 22.0 Å². The number of hydrogen-bond acceptors (Lipinski definition) is 8. The number of nitrogens with two attached hydrogens (primary N) is 1. The molecule has 1 fully saturated rings. The summed E-state index contributed by atoms with van der Waals surface area (Å²) in [6, 6.07) is 9.40. The summed E-state index contributed by atoms with van der Waals surface area (Å²) >= 11 is 0. The van der Waals surface area contributed by atoms with E-state index in [-0.39, 0.29) is 28.8 Å². The molecule has 3 heterocycles. The van der Waals surface area contributed by atoms with Gasteiger partial charge in [-0.3, -0.25) is 13.9 Å². The quantitative estimate of drug-likeness (QED) is 0.385. The first kappa shape index (κ1) is 34.5. The molecule has 1 aromatic carbocycles. The van der Waals surface area contributed by atoms with Crippen LogP contribution in [0.2, 0.25) is 37.3 Å². The maximum atomic E-state index is 14.0. The third kappa shape index (κ3) is 5.85. The van der Waals surface area contributed by atoms with Gasteiger partial charge in [0.2, 0.25) is 10.0 Å². The Bertz CT molecular complexity index is 1660. The molecule has 2 unspecified atom stereocenters. The molecule has 2 aromatic rings. The van der Waals surface area contributed by atoms with Gasteiger partial charge in [0.15, 0.2) is 22.9 Å². The number of nitrogens with zero attached hydrogens (tertiary/aromatic N) is 2. The Balaban J connectivity index is 2.03. The number of aromatic nitrogens is 2. The fourth-order valence-electron chi connectivity index (χ4n) is 5.45. The molecule has 44 heavy (non-hydrogen) atoms. The van der Waals surface area contributed by atoms with Gasteiger partial charge < -0.3 is 19.3 Å². The number of hydrogen-bond donors (Lipinski definition) is 2. The Morgan fingerprint density at radius 2 is 1.70 bits per heavy atom. The molecule has 0 saturated carbocycles. The molecular formula is C30H48N4O7SSi2. The van der Waals surface area contributed by atoms with Crippen molar-refractivity contribution in [3.63, 3.8) is 0 Å². The number of aryl methyl sites for hydroxylation is 1. The lowest BCUT2D eigenvalue weighted by Gasteiger charge is -2.41. The monoisotopic (exact) mass is 664 g/mol. The van der Waals surface area contributed by atoms with Crippen LogP contribution in [0.5, 0.6) is 0 Å². The van der Waals surface area contributed by atoms with E-state index in [4.69, 9.17) is 19.3 Å². The molecule has 1 spiro atoms. The van der Waals surface area contributed by atoms with E-state index in [1.807, 2.05) is 20.0 Å². The normalized spacial score (nSPS) is 25.7. The van der Waals surface area contributed by atoms with Crippen molar-refractivity contribution in [3.8, 4) is 0 Å². The maximum absolute atomic E-state index is 14.0. The molecule has 0 radical (unpaired) electrons. The van der Waals surface area contributed by atoms with Crippen molar-refractivity contribution in [1.29, 1.82) is 0 Å². The van der Waals surface area contributed by atoms with Gasteiger partial charge in [0.05, 0.1) is 12.3 Å². The molecule has 14 heteroatoms. The van der Waals surface area contributed by atoms with Crippen LogP contribution in [-0.2, 0) is 30.2 Å². The summed E-state index contributed by atoms with van der Waals surface area (Å²) in [6.07, 6.45) is -1.65. The third-order valence-corrected chi connectivity index (χ3v) is 18.2. The first-order valence-electron chi connectivity index (χ1n) is 15.1. The van der Waals surface area contributed by atoms with Crippen LogP contribution in [0.3, 0.4) is 0 Å². The van der Waals surface area contributed by atoms with E-state index in [1.54, 1.807) is 44.2 Å². The summed E-state index contributed by atoms with van der Waals surface area (Å²) in [5, 5.41) is -0.137. The molecule has 0 amide bonds. The fourth-order valence-corrected chi connectivity index (χ4v) is 9.41. The zero-order valence-electron chi connectivity index (χ0n) is 27.6. The molecule has 0 bridgehead atoms. The van der Waals surface area contributed by atoms with E-state index >= 15 is 0 Å². The van der Waals surface area contributed by atoms with Crippen molar-refractivity contribution in [2.75, 3.05) is 6.61 Å². The van der Waals surface area contributed by atoms with Crippen molar-refractivity contribution in [2.24, 2.45) is 5.73 Å². The van der Waals surface area contributed by atoms with Crippen LogP contribution in [0.4, 0.5) is 0 Å². The predicted octanol–water partition coefficient (Wildman–Crippen LogP) is 3.87. The molecule has 1 saturated heterocycles. The van der Waals surface area contributed by atoms with E-state index in [1.165, 1.54) is 10.8 Å². The molecule has 1 aromatic heterocycles. The van der Waals surface area contributed by atoms with Gasteiger partial charge in [0.1, 0.15) is 22.7 Å². The van der Waals surface area contributed by atoms with Crippen molar-refractivity contribution >= 4 is 31.6 Å². The highest BCUT2D eigenvalue weighted by molar-refractivity contribution is 7.99. The largest absolute Gasteiger partial charge is 0.414 e. The van der Waals surface area contributed by atoms with Crippen molar-refractivity contribution in [2.45, 2.75) is 109 Å². The fraction of sp³-hybridized carbons (Fsp3) is 0.600. The van der Waals surface area contributed by atoms with Crippen molar-refractivity contribution in [3.05, 3.63) is 74.2 Å². The predicted molar refractivity (Wildman–Crippen MR) is 178 cm³/mol. The van der Waals surface area contributed by atoms with E-state index in [2.05, 4.69) is 38.6 Å². The smallest absolute Gasteiger partial charge is 0.333 e. The highest BCUT2D eigenvalue weighted by Crippen LogP contribution is 2.50. The van der Waals surface area contributed by atoms with Gasteiger partial charge >= 0.3 is 5.69 Å². The van der Waals surface area contributed by atoms with Crippen LogP contribution in [0.15, 0.2) is 51.8 Å². The number of rotatable bonds is 9. The second-order valence-electron chi connectivity index (χ2n) is 13.9. The van der Waals surface area contributed by atoms with Crippen LogP contribution in [-0.4, -0.2) is 58.5 Å². The summed E-state index contributed by atoms with van der Waals surface area (Å²) in [7, 11) is -9.00. The minimum Gasteiger partial charge on any atom is -0.414 e. The summed E-state index contributed by atoms with van der Waals surface area (Å²) in [4.78, 5) is 26.6. The molecule has 2 aliphatic rings. The molecule has 11 nitrogen and oxygen atoms in total. The molecule has 4 rings (SSSR count). The Morgan fingerprint density at radius 3 is 2.25 bits per heavy atom. The van der Waals surface area contributed by atoms with Gasteiger partial charge in [-0.15, -0.1) is 0 Å². The average Bonchev–Trinajstić information content (AvgIpc) is 3.33. The Labute approximate surface area is 262 Å². The van der Waals surface area contributed by atoms with Gasteiger partial charge in [0, 0.05) is 18.3 Å². The number of benzene rings is 1. The number of nitrogens with one attached hydrogen (secondary N) is 1. The molecule has 0 aliphatic carbocycles. The first-order valence-corrected chi connectivity index (χ1v) is 22.6. The molecule has 244 valence electrons. The van der Waals surface area contributed by atoms with Crippen molar-refractivity contribution in [1.82, 2.24) is 13.9 Å². The SMILES string of the molecule is CCn1c(=O)c(C)cn(C2OC(CO[Si](C)(C)C(C)(C)C)[C@@]3(NS(=O)(=O)C(c4ccccc4)=C3N)[C@H]2O[Si](C)(C)CC)c1=O. The average molecular weight is 665 g/mol. The minimum absolute atomic E-state index is 0.00734. The summed E-state index contributed by atoms with van der Waals surface area (Å²) in [5.41, 5.74) is 5.24. The first-order chi connectivity index (χ1) is 20.2. The zero-order chi connectivity index (χ0) is 33.0. The highest BCUT2D eigenvalue weighted by Gasteiger charge is 2.67. The van der Waals surface area contributed by atoms with Gasteiger partial charge in [-0.2, -0.15) is 4.72 Å². The van der Waals surface area contributed by atoms with E-state index in [0.717, 1.165) is 4.57 Å². The third-order valence-electron chi connectivity index (χ3n) is 9.47. The van der Waals surface area contributed by atoms with E-state index < -0.39 is 61.9 Å². The lowest BCUT2D eigenvalue weighted by molar-refractivity contribution is -0.0497. The summed E-state index contributed by atoms with van der Waals surface area (Å²) in [6.45, 7) is 20.1. The van der Waals surface area contributed by atoms with Crippen LogP contribution < -0.4 is 21.7 Å². The van der Waals surface area contributed by atoms with Gasteiger partial charge in [-0.25, -0.2) is 13.2 Å². The van der Waals surface area contributed by atoms with Gasteiger partial charge in [0.25, 0.3) is 5.56 Å². The second-order valence-corrected chi connectivity index (χ2v) is 24.8. The zero-order valence-corrected chi connectivity index (χ0v) is 30.4. The Morgan fingerprint density at radius 1 is 1.09 bits per heavy atom. The minimum atomic E-state index is -4.16. The number of ether oxygens (including phenoxy) is 1. The van der Waals surface area contributed by atoms with Gasteiger partial charge in [-0.05, 0) is 56.7 Å². The standard InChI is InChI=1S/C30H48N4O7SSi2/c1-11-33-26(35)20(3)18-34(28(33)36)27-25(41-43(7,8)12-2)30(22(40-27)19-39-44(9,10)29(4,5)6)24(31)23(42(37,38)32-30)21-16-14-13-15-17-21/h13-18,22,25,27,32H,11-12,19,31H2,1-10H3/t22?,25-,27?,30-/m0/s1. The number of sulfonamides is 1. The van der Waals surface area contributed by atoms with Crippen LogP contribution in [0, 0.1) is 6.92 Å². The highest BCUT2D eigenvalue weighted by atomic mass is 32.2. The molecule has 3 N–H and O–H groups in total. The second kappa shape index (κ2) is 11.8. The molecule has 4 atom stereocenters. The van der Waals surface area contributed by atoms with E-state index in [9.17, 15) is 18.0 Å². The van der Waals surface area contributed by atoms with Gasteiger partial charge in [-0.1, -0.05) is 58.0 Å². The topological polar surface area (TPSA) is 144 Å². The molecular weight excluding hydrogens is 617 g/mol. The van der Waals surface area contributed by atoms with E-state index in [0.29, 0.717) is 17.2 Å². The molecule has 2 aliphatic heterocycles. The Hall–Kier alpha value is -2.34. The lowest BCUT2D eigenvalue weighted by atomic mass is 9.85. The Kier molecular flexibility index (Phi) is 9.25. The van der Waals surface area contributed by atoms with Crippen LogP contribution in [0.25, 0.3) is 4.91 Å². The van der Waals surface area contributed by atoms with Crippen LogP contribution >= 0.6 is 0 Å². The maximum Gasteiger partial charge on any atom is 0.333 e.